The highest BCUT2D eigenvalue weighted by molar-refractivity contribution is 6.10. The first kappa shape index (κ1) is 35.7. The number of nitriles is 1. The molecule has 0 aromatic rings. The molecule has 1 saturated heterocycles. The van der Waals surface area contributed by atoms with Crippen LogP contribution in [0.1, 0.15) is 153 Å². The monoisotopic (exact) mass is 571 g/mol. The molecule has 2 aliphatic rings. The summed E-state index contributed by atoms with van der Waals surface area (Å²) in [6.07, 6.45) is 13.2. The molecule has 5 nitrogen and oxygen atoms in total. The lowest BCUT2D eigenvalue weighted by Crippen LogP contribution is -2.54. The number of nitrogens with zero attached hydrogens (tertiary/aromatic N) is 1. The van der Waals surface area contributed by atoms with Gasteiger partial charge < -0.3 is 4.74 Å². The summed E-state index contributed by atoms with van der Waals surface area (Å²) < 4.78 is 6.94. The first-order chi connectivity index (χ1) is 19.1. The second-order valence-electron chi connectivity index (χ2n) is 14.8. The largest absolute Gasteiger partial charge is 0.334 e. The van der Waals surface area contributed by atoms with Crippen LogP contribution in [0.5, 0.6) is 0 Å². The molecule has 5 atom stereocenters. The lowest BCUT2D eigenvalue weighted by Gasteiger charge is -2.50. The van der Waals surface area contributed by atoms with Crippen LogP contribution < -0.4 is 0 Å². The van der Waals surface area contributed by atoms with Crippen molar-refractivity contribution in [1.29, 1.82) is 5.26 Å². The molecule has 0 N–H and O–H groups in total. The number of carbonyl (C=O) groups is 1. The van der Waals surface area contributed by atoms with Crippen molar-refractivity contribution in [3.8, 4) is 6.07 Å². The lowest BCUT2D eigenvalue weighted by molar-refractivity contribution is -0.452. The van der Waals surface area contributed by atoms with Gasteiger partial charge in [0.25, 0.3) is 0 Å². The number of Topliss-reactive ketones (excluding diaryl/α,β-unsaturated/α-hetero) is 1. The van der Waals surface area contributed by atoms with Gasteiger partial charge in [0.05, 0.1) is 5.60 Å². The molecule has 1 aliphatic carbocycles. The predicted octanol–water partition coefficient (Wildman–Crippen LogP) is 10.2. The van der Waals surface area contributed by atoms with Gasteiger partial charge in [-0.2, -0.15) is 10.1 Å². The van der Waals surface area contributed by atoms with Crippen LogP contribution in [0.4, 0.5) is 0 Å². The zero-order valence-corrected chi connectivity index (χ0v) is 28.4. The van der Waals surface area contributed by atoms with Crippen molar-refractivity contribution in [3.63, 3.8) is 0 Å². The van der Waals surface area contributed by atoms with E-state index in [4.69, 9.17) is 14.5 Å². The van der Waals surface area contributed by atoms with Gasteiger partial charge in [0, 0.05) is 16.7 Å². The molecule has 5 heteroatoms. The van der Waals surface area contributed by atoms with Crippen LogP contribution in [0.15, 0.2) is 22.3 Å². The third-order valence-electron chi connectivity index (χ3n) is 9.53. The standard InChI is InChI=1S/C36H61NO4/c1-25(2)15-12-16-27(5)17-13-18-28(6)19-14-21-34(10)22-20-32-30(8)33(38)29(7)31(9)36(32,39-34)41-40-35(11,24-37)23-26(3)4/h25-28H,12-23H2,1-11H3/t27-,28-,34-,35-,36-/m1/s1. The number of hydrogen-bond donors (Lipinski definition) is 0. The second-order valence-corrected chi connectivity index (χ2v) is 14.8. The van der Waals surface area contributed by atoms with Gasteiger partial charge in [0.2, 0.25) is 5.79 Å². The third-order valence-corrected chi connectivity index (χ3v) is 9.53. The van der Waals surface area contributed by atoms with Crippen molar-refractivity contribution in [2.24, 2.45) is 23.7 Å². The number of fused-ring (bicyclic) bond motifs is 1. The molecule has 0 radical (unpaired) electrons. The molecule has 0 unspecified atom stereocenters. The highest BCUT2D eigenvalue weighted by Crippen LogP contribution is 2.51. The number of allylic oxidation sites excluding steroid dienone is 2. The summed E-state index contributed by atoms with van der Waals surface area (Å²) in [4.78, 5) is 25.3. The Bertz CT molecular complexity index is 988. The molecule has 1 heterocycles. The fourth-order valence-electron chi connectivity index (χ4n) is 6.72. The fourth-order valence-corrected chi connectivity index (χ4v) is 6.72. The van der Waals surface area contributed by atoms with Gasteiger partial charge in [0.15, 0.2) is 11.4 Å². The lowest BCUT2D eigenvalue weighted by atomic mass is 9.75. The van der Waals surface area contributed by atoms with Crippen LogP contribution >= 0.6 is 0 Å². The van der Waals surface area contributed by atoms with Crippen molar-refractivity contribution < 1.29 is 19.3 Å². The molecular weight excluding hydrogens is 510 g/mol. The maximum atomic E-state index is 13.0. The van der Waals surface area contributed by atoms with Gasteiger partial charge in [-0.1, -0.05) is 92.9 Å². The van der Waals surface area contributed by atoms with Crippen LogP contribution in [-0.2, 0) is 19.3 Å². The zero-order chi connectivity index (χ0) is 31.0. The molecule has 234 valence electrons. The van der Waals surface area contributed by atoms with Crippen LogP contribution in [0.2, 0.25) is 0 Å². The summed E-state index contributed by atoms with van der Waals surface area (Å²) >= 11 is 0. The maximum absolute atomic E-state index is 13.0. The average molecular weight is 572 g/mol. The Morgan fingerprint density at radius 2 is 1.46 bits per heavy atom. The molecular formula is C36H61NO4. The SMILES string of the molecule is CC1=C(C)[C@]2(OO[C@@](C)(C#N)CC(C)C)O[C@](C)(CCC[C@H](C)CCC[C@H](C)CCCC(C)C)CCC2=C(C)C1=O. The van der Waals surface area contributed by atoms with E-state index in [0.717, 1.165) is 42.2 Å². The van der Waals surface area contributed by atoms with Crippen LogP contribution in [0.3, 0.4) is 0 Å². The number of rotatable bonds is 17. The van der Waals surface area contributed by atoms with Gasteiger partial charge in [-0.15, -0.1) is 0 Å². The van der Waals surface area contributed by atoms with Crippen molar-refractivity contribution in [3.05, 3.63) is 22.3 Å². The normalized spacial score (nSPS) is 26.3. The molecule has 0 bridgehead atoms. The van der Waals surface area contributed by atoms with Crippen molar-refractivity contribution in [2.75, 3.05) is 0 Å². The quantitative estimate of drug-likeness (QED) is 0.128. The Labute approximate surface area is 252 Å². The van der Waals surface area contributed by atoms with Gasteiger partial charge >= 0.3 is 0 Å². The number of ether oxygens (including phenoxy) is 1. The van der Waals surface area contributed by atoms with E-state index >= 15 is 0 Å². The Hall–Kier alpha value is -1.48. The van der Waals surface area contributed by atoms with E-state index in [2.05, 4.69) is 54.5 Å². The van der Waals surface area contributed by atoms with Crippen LogP contribution in [-0.4, -0.2) is 22.8 Å². The van der Waals surface area contributed by atoms with Gasteiger partial charge in [-0.05, 0) is 89.5 Å². The van der Waals surface area contributed by atoms with E-state index < -0.39 is 17.0 Å². The van der Waals surface area contributed by atoms with E-state index in [1.54, 1.807) is 6.92 Å². The molecule has 0 amide bonds. The number of ketones is 1. The third kappa shape index (κ3) is 9.77. The van der Waals surface area contributed by atoms with Crippen LogP contribution in [0.25, 0.3) is 0 Å². The molecule has 0 spiro atoms. The molecule has 0 aromatic carbocycles. The number of hydrogen-bond acceptors (Lipinski definition) is 5. The molecule has 2 rings (SSSR count). The molecule has 0 aromatic heterocycles. The van der Waals surface area contributed by atoms with Crippen molar-refractivity contribution in [1.82, 2.24) is 0 Å². The Kier molecular flexibility index (Phi) is 13.3. The van der Waals surface area contributed by atoms with E-state index in [9.17, 15) is 10.1 Å². The van der Waals surface area contributed by atoms with Crippen molar-refractivity contribution in [2.45, 2.75) is 170 Å². The minimum atomic E-state index is -1.28. The van der Waals surface area contributed by atoms with Crippen molar-refractivity contribution >= 4 is 5.78 Å². The Morgan fingerprint density at radius 3 is 2.00 bits per heavy atom. The summed E-state index contributed by atoms with van der Waals surface area (Å²) in [5.41, 5.74) is 1.34. The first-order valence-corrected chi connectivity index (χ1v) is 16.5. The van der Waals surface area contributed by atoms with Gasteiger partial charge in [-0.25, -0.2) is 4.89 Å². The Balaban J connectivity index is 2.05. The maximum Gasteiger partial charge on any atom is 0.247 e. The van der Waals surface area contributed by atoms with E-state index in [1.807, 2.05) is 20.8 Å². The summed E-state index contributed by atoms with van der Waals surface area (Å²) in [6, 6.07) is 2.29. The summed E-state index contributed by atoms with van der Waals surface area (Å²) in [5.74, 6) is 1.35. The highest BCUT2D eigenvalue weighted by Gasteiger charge is 2.54. The predicted molar refractivity (Wildman–Crippen MR) is 168 cm³/mol. The first-order valence-electron chi connectivity index (χ1n) is 16.5. The summed E-state index contributed by atoms with van der Waals surface area (Å²) in [5, 5.41) is 9.92. The minimum absolute atomic E-state index is 0.0391. The summed E-state index contributed by atoms with van der Waals surface area (Å²) in [7, 11) is 0. The molecule has 1 fully saturated rings. The van der Waals surface area contributed by atoms with Crippen LogP contribution in [0, 0.1) is 35.0 Å². The average Bonchev–Trinajstić information content (AvgIpc) is 2.89. The van der Waals surface area contributed by atoms with E-state index in [1.165, 1.54) is 44.9 Å². The molecule has 0 saturated carbocycles. The zero-order valence-electron chi connectivity index (χ0n) is 28.4. The fraction of sp³-hybridized carbons (Fsp3) is 0.833. The molecule has 1 aliphatic heterocycles. The second kappa shape index (κ2) is 15.3. The van der Waals surface area contributed by atoms with E-state index in [-0.39, 0.29) is 11.7 Å². The topological polar surface area (TPSA) is 68.6 Å². The summed E-state index contributed by atoms with van der Waals surface area (Å²) in [6.45, 7) is 23.1. The van der Waals surface area contributed by atoms with E-state index in [0.29, 0.717) is 29.9 Å². The molecule has 41 heavy (non-hydrogen) atoms. The minimum Gasteiger partial charge on any atom is -0.334 e. The number of carbonyl (C=O) groups excluding carboxylic acids is 1. The van der Waals surface area contributed by atoms with Gasteiger partial charge in [-0.3, -0.25) is 4.79 Å². The highest BCUT2D eigenvalue weighted by atomic mass is 17.2. The Morgan fingerprint density at radius 1 is 0.902 bits per heavy atom. The van der Waals surface area contributed by atoms with Gasteiger partial charge in [0.1, 0.15) is 6.07 Å². The smallest absolute Gasteiger partial charge is 0.247 e.